The van der Waals surface area contributed by atoms with Crippen LogP contribution in [0.4, 0.5) is 0 Å². The normalized spacial score (nSPS) is 25.6. The molecule has 0 aromatic carbocycles. The van der Waals surface area contributed by atoms with Gasteiger partial charge >= 0.3 is 5.97 Å². The zero-order valence-electron chi connectivity index (χ0n) is 12.7. The van der Waals surface area contributed by atoms with Gasteiger partial charge in [-0.2, -0.15) is 0 Å². The molecular formula is C16H24O4. The van der Waals surface area contributed by atoms with Crippen LogP contribution in [0, 0.1) is 18.3 Å². The summed E-state index contributed by atoms with van der Waals surface area (Å²) in [7, 11) is 0. The first-order valence-corrected chi connectivity index (χ1v) is 7.21. The maximum absolute atomic E-state index is 10.9. The van der Waals surface area contributed by atoms with Crippen molar-refractivity contribution in [2.75, 3.05) is 0 Å². The average molecular weight is 280 g/mol. The van der Waals surface area contributed by atoms with Gasteiger partial charge in [-0.25, -0.2) is 4.79 Å². The molecule has 1 fully saturated rings. The number of aryl methyl sites for hydroxylation is 1. The number of ether oxygens (including phenoxy) is 1. The molecule has 0 bridgehead atoms. The third-order valence-electron chi connectivity index (χ3n) is 3.97. The largest absolute Gasteiger partial charge is 0.475 e. The second-order valence-electron chi connectivity index (χ2n) is 6.88. The van der Waals surface area contributed by atoms with Crippen molar-refractivity contribution in [3.05, 3.63) is 23.2 Å². The Bertz CT molecular complexity index is 487. The van der Waals surface area contributed by atoms with Gasteiger partial charge in [-0.1, -0.05) is 20.8 Å². The number of carboxylic acid groups (broad SMARTS) is 1. The van der Waals surface area contributed by atoms with Crippen LogP contribution >= 0.6 is 0 Å². The van der Waals surface area contributed by atoms with Gasteiger partial charge < -0.3 is 14.3 Å². The minimum absolute atomic E-state index is 0.0148. The summed E-state index contributed by atoms with van der Waals surface area (Å²) in [6.07, 6.45) is 3.57. The summed E-state index contributed by atoms with van der Waals surface area (Å²) in [5.41, 5.74) is 0.960. The summed E-state index contributed by atoms with van der Waals surface area (Å²) in [6, 6.07) is 1.75. The highest BCUT2D eigenvalue weighted by Crippen LogP contribution is 2.39. The monoisotopic (exact) mass is 280 g/mol. The van der Waals surface area contributed by atoms with E-state index in [0.717, 1.165) is 12.8 Å². The van der Waals surface area contributed by atoms with Crippen molar-refractivity contribution in [2.24, 2.45) is 11.3 Å². The smallest absolute Gasteiger partial charge is 0.372 e. The highest BCUT2D eigenvalue weighted by Gasteiger charge is 2.32. The summed E-state index contributed by atoms with van der Waals surface area (Å²) < 4.78 is 11.3. The van der Waals surface area contributed by atoms with Crippen molar-refractivity contribution >= 4 is 5.97 Å². The first-order chi connectivity index (χ1) is 9.27. The Morgan fingerprint density at radius 1 is 1.50 bits per heavy atom. The first-order valence-electron chi connectivity index (χ1n) is 7.21. The lowest BCUT2D eigenvalue weighted by molar-refractivity contribution is -0.0370. The van der Waals surface area contributed by atoms with Crippen molar-refractivity contribution in [1.29, 1.82) is 0 Å². The van der Waals surface area contributed by atoms with Crippen LogP contribution in [-0.4, -0.2) is 17.2 Å². The average Bonchev–Trinajstić information content (AvgIpc) is 2.65. The van der Waals surface area contributed by atoms with E-state index < -0.39 is 5.97 Å². The van der Waals surface area contributed by atoms with Gasteiger partial charge in [0.25, 0.3) is 0 Å². The third-order valence-corrected chi connectivity index (χ3v) is 3.97. The molecule has 0 saturated heterocycles. The first kappa shape index (κ1) is 15.1. The van der Waals surface area contributed by atoms with Crippen LogP contribution in [0.15, 0.2) is 10.5 Å². The molecule has 2 unspecified atom stereocenters. The maximum atomic E-state index is 10.9. The standard InChI is InChI=1S/C16H24O4/c1-10-5-12(8-16(3,4)7-10)19-9-13-6-11(2)14(20-13)15(17)18/h6,10,12H,5,7-9H2,1-4H3,(H,17,18). The van der Waals surface area contributed by atoms with Crippen LogP contribution in [0.1, 0.15) is 61.9 Å². The van der Waals surface area contributed by atoms with Crippen LogP contribution < -0.4 is 0 Å². The Hall–Kier alpha value is -1.29. The van der Waals surface area contributed by atoms with Crippen molar-refractivity contribution in [2.45, 2.75) is 59.7 Å². The molecule has 1 aliphatic carbocycles. The van der Waals surface area contributed by atoms with Gasteiger partial charge in [0.2, 0.25) is 5.76 Å². The number of aromatic carboxylic acids is 1. The number of hydrogen-bond donors (Lipinski definition) is 1. The highest BCUT2D eigenvalue weighted by atomic mass is 16.5. The van der Waals surface area contributed by atoms with E-state index in [2.05, 4.69) is 20.8 Å². The van der Waals surface area contributed by atoms with Gasteiger partial charge in [-0.05, 0) is 43.6 Å². The van der Waals surface area contributed by atoms with Crippen LogP contribution in [0.2, 0.25) is 0 Å². The lowest BCUT2D eigenvalue weighted by Gasteiger charge is -2.38. The molecule has 1 saturated carbocycles. The molecule has 4 heteroatoms. The van der Waals surface area contributed by atoms with Crippen LogP contribution in [0.25, 0.3) is 0 Å². The van der Waals surface area contributed by atoms with Crippen LogP contribution in [-0.2, 0) is 11.3 Å². The van der Waals surface area contributed by atoms with Crippen molar-refractivity contribution in [3.63, 3.8) is 0 Å². The molecule has 0 amide bonds. The lowest BCUT2D eigenvalue weighted by atomic mass is 9.71. The number of furan rings is 1. The summed E-state index contributed by atoms with van der Waals surface area (Å²) in [4.78, 5) is 10.9. The number of carboxylic acids is 1. The minimum atomic E-state index is -1.03. The van der Waals surface area contributed by atoms with Gasteiger partial charge in [-0.3, -0.25) is 0 Å². The molecule has 1 aromatic heterocycles. The zero-order chi connectivity index (χ0) is 14.9. The van der Waals surface area contributed by atoms with Gasteiger partial charge in [-0.15, -0.1) is 0 Å². The summed E-state index contributed by atoms with van der Waals surface area (Å²) in [6.45, 7) is 8.90. The minimum Gasteiger partial charge on any atom is -0.475 e. The highest BCUT2D eigenvalue weighted by molar-refractivity contribution is 5.86. The molecule has 0 spiro atoms. The molecule has 1 heterocycles. The number of rotatable bonds is 4. The molecule has 1 aliphatic rings. The predicted octanol–water partition coefficient (Wildman–Crippen LogP) is 4.02. The Balaban J connectivity index is 1.95. The van der Waals surface area contributed by atoms with Crippen LogP contribution in [0.5, 0.6) is 0 Å². The maximum Gasteiger partial charge on any atom is 0.372 e. The molecule has 4 nitrogen and oxygen atoms in total. The fourth-order valence-electron chi connectivity index (χ4n) is 3.42. The molecule has 0 radical (unpaired) electrons. The number of carbonyl (C=O) groups is 1. The molecule has 20 heavy (non-hydrogen) atoms. The van der Waals surface area contributed by atoms with Gasteiger partial charge in [0.15, 0.2) is 0 Å². The Kier molecular flexibility index (Phi) is 4.23. The summed E-state index contributed by atoms with van der Waals surface area (Å²) in [5, 5.41) is 8.96. The molecular weight excluding hydrogens is 256 g/mol. The molecule has 2 rings (SSSR count). The van der Waals surface area contributed by atoms with Gasteiger partial charge in [0.05, 0.1) is 6.10 Å². The van der Waals surface area contributed by atoms with E-state index in [-0.39, 0.29) is 11.9 Å². The second-order valence-corrected chi connectivity index (χ2v) is 6.88. The topological polar surface area (TPSA) is 59.7 Å². The Labute approximate surface area is 120 Å². The Morgan fingerprint density at radius 3 is 2.75 bits per heavy atom. The van der Waals surface area contributed by atoms with Gasteiger partial charge in [0, 0.05) is 5.56 Å². The van der Waals surface area contributed by atoms with Gasteiger partial charge in [0.1, 0.15) is 12.4 Å². The predicted molar refractivity (Wildman–Crippen MR) is 75.8 cm³/mol. The van der Waals surface area contributed by atoms with Crippen molar-refractivity contribution in [3.8, 4) is 0 Å². The van der Waals surface area contributed by atoms with E-state index in [0.29, 0.717) is 29.3 Å². The van der Waals surface area contributed by atoms with E-state index in [1.165, 1.54) is 6.42 Å². The van der Waals surface area contributed by atoms with Crippen molar-refractivity contribution < 1.29 is 19.1 Å². The van der Waals surface area contributed by atoms with E-state index >= 15 is 0 Å². The lowest BCUT2D eigenvalue weighted by Crippen LogP contribution is -2.32. The Morgan fingerprint density at radius 2 is 2.20 bits per heavy atom. The van der Waals surface area contributed by atoms with E-state index in [4.69, 9.17) is 14.3 Å². The molecule has 112 valence electrons. The van der Waals surface area contributed by atoms with E-state index in [1.807, 2.05) is 0 Å². The SMILES string of the molecule is Cc1cc(COC2CC(C)CC(C)(C)C2)oc1C(=O)O. The summed E-state index contributed by atoms with van der Waals surface area (Å²) in [5.74, 6) is 0.245. The molecule has 1 aromatic rings. The molecule has 1 N–H and O–H groups in total. The fourth-order valence-corrected chi connectivity index (χ4v) is 3.42. The fraction of sp³-hybridized carbons (Fsp3) is 0.688. The molecule has 2 atom stereocenters. The number of hydrogen-bond acceptors (Lipinski definition) is 3. The molecule has 0 aliphatic heterocycles. The zero-order valence-corrected chi connectivity index (χ0v) is 12.7. The summed E-state index contributed by atoms with van der Waals surface area (Å²) >= 11 is 0. The quantitative estimate of drug-likeness (QED) is 0.905. The van der Waals surface area contributed by atoms with Crippen molar-refractivity contribution in [1.82, 2.24) is 0 Å². The van der Waals surface area contributed by atoms with Crippen LogP contribution in [0.3, 0.4) is 0 Å². The van der Waals surface area contributed by atoms with E-state index in [9.17, 15) is 4.79 Å². The van der Waals surface area contributed by atoms with E-state index in [1.54, 1.807) is 13.0 Å². The second kappa shape index (κ2) is 5.60. The third kappa shape index (κ3) is 3.63.